The van der Waals surface area contributed by atoms with E-state index in [1.807, 2.05) is 38.1 Å². The smallest absolute Gasteiger partial charge is 0.241 e. The van der Waals surface area contributed by atoms with Gasteiger partial charge in [0, 0.05) is 23.4 Å². The van der Waals surface area contributed by atoms with Gasteiger partial charge < -0.3 is 9.47 Å². The SMILES string of the molecule is COc1ccc(S(=O)(=O)NC(C)c2cnn(-c3ccc(C)cc3)c2C)cc1OC. The van der Waals surface area contributed by atoms with Crippen LogP contribution in [0.4, 0.5) is 0 Å². The van der Waals surface area contributed by atoms with Crippen molar-refractivity contribution in [3.63, 3.8) is 0 Å². The minimum Gasteiger partial charge on any atom is -0.493 e. The summed E-state index contributed by atoms with van der Waals surface area (Å²) >= 11 is 0. The number of hydrogen-bond acceptors (Lipinski definition) is 5. The predicted molar refractivity (Wildman–Crippen MR) is 111 cm³/mol. The summed E-state index contributed by atoms with van der Waals surface area (Å²) in [6.45, 7) is 5.74. The topological polar surface area (TPSA) is 82.5 Å². The van der Waals surface area contributed by atoms with Gasteiger partial charge in [-0.15, -0.1) is 0 Å². The normalized spacial score (nSPS) is 12.6. The van der Waals surface area contributed by atoms with Gasteiger partial charge >= 0.3 is 0 Å². The molecule has 0 aliphatic rings. The maximum Gasteiger partial charge on any atom is 0.241 e. The number of benzene rings is 2. The Bertz CT molecular complexity index is 1110. The van der Waals surface area contributed by atoms with Crippen molar-refractivity contribution < 1.29 is 17.9 Å². The van der Waals surface area contributed by atoms with Crippen molar-refractivity contribution in [2.24, 2.45) is 0 Å². The van der Waals surface area contributed by atoms with E-state index in [1.54, 1.807) is 23.9 Å². The third-order valence-electron chi connectivity index (χ3n) is 4.79. The van der Waals surface area contributed by atoms with Crippen LogP contribution in [0.1, 0.15) is 29.8 Å². The van der Waals surface area contributed by atoms with Crippen molar-refractivity contribution in [2.45, 2.75) is 31.7 Å². The van der Waals surface area contributed by atoms with Crippen LogP contribution in [0.25, 0.3) is 5.69 Å². The van der Waals surface area contributed by atoms with Crippen molar-refractivity contribution >= 4 is 10.0 Å². The van der Waals surface area contributed by atoms with E-state index in [0.717, 1.165) is 22.5 Å². The van der Waals surface area contributed by atoms with E-state index >= 15 is 0 Å². The van der Waals surface area contributed by atoms with Crippen LogP contribution in [0.5, 0.6) is 11.5 Å². The Morgan fingerprint density at radius 1 is 1.00 bits per heavy atom. The van der Waals surface area contributed by atoms with Crippen LogP contribution >= 0.6 is 0 Å². The number of sulfonamides is 1. The summed E-state index contributed by atoms with van der Waals surface area (Å²) in [6, 6.07) is 12.0. The summed E-state index contributed by atoms with van der Waals surface area (Å²) in [5.74, 6) is 0.820. The highest BCUT2D eigenvalue weighted by Crippen LogP contribution is 2.30. The molecule has 7 nitrogen and oxygen atoms in total. The Kier molecular flexibility index (Phi) is 5.95. The van der Waals surface area contributed by atoms with Crippen LogP contribution in [-0.2, 0) is 10.0 Å². The standard InChI is InChI=1S/C21H25N3O4S/c1-14-6-8-17(9-7-14)24-16(3)19(13-22-24)15(2)23-29(25,26)18-10-11-20(27-4)21(12-18)28-5/h6-13,15,23H,1-5H3. The predicted octanol–water partition coefficient (Wildman–Crippen LogP) is 3.55. The minimum atomic E-state index is -3.77. The van der Waals surface area contributed by atoms with Gasteiger partial charge in [0.05, 0.1) is 31.0 Å². The Hall–Kier alpha value is -2.84. The van der Waals surface area contributed by atoms with E-state index < -0.39 is 16.1 Å². The van der Waals surface area contributed by atoms with E-state index in [4.69, 9.17) is 9.47 Å². The molecule has 2 aromatic carbocycles. The first-order valence-electron chi connectivity index (χ1n) is 9.12. The molecule has 0 spiro atoms. The van der Waals surface area contributed by atoms with Gasteiger partial charge in [0.1, 0.15) is 0 Å². The monoisotopic (exact) mass is 415 g/mol. The average molecular weight is 416 g/mol. The van der Waals surface area contributed by atoms with Gasteiger partial charge in [-0.2, -0.15) is 5.10 Å². The third-order valence-corrected chi connectivity index (χ3v) is 6.33. The molecule has 3 rings (SSSR count). The first-order valence-corrected chi connectivity index (χ1v) is 10.6. The molecule has 29 heavy (non-hydrogen) atoms. The molecule has 0 radical (unpaired) electrons. The second kappa shape index (κ2) is 8.26. The maximum atomic E-state index is 12.9. The van der Waals surface area contributed by atoms with Crippen molar-refractivity contribution in [3.05, 3.63) is 65.5 Å². The molecule has 0 saturated carbocycles. The molecule has 1 aromatic heterocycles. The van der Waals surface area contributed by atoms with Crippen molar-refractivity contribution in [1.82, 2.24) is 14.5 Å². The molecule has 0 bridgehead atoms. The summed E-state index contributed by atoms with van der Waals surface area (Å²) in [6.07, 6.45) is 1.69. The Morgan fingerprint density at radius 3 is 2.28 bits per heavy atom. The van der Waals surface area contributed by atoms with E-state index in [1.165, 1.54) is 26.4 Å². The lowest BCUT2D eigenvalue weighted by molar-refractivity contribution is 0.354. The number of ether oxygens (including phenoxy) is 2. The minimum absolute atomic E-state index is 0.102. The Morgan fingerprint density at radius 2 is 1.66 bits per heavy atom. The summed E-state index contributed by atoms with van der Waals surface area (Å²) in [5.41, 5.74) is 3.76. The molecule has 0 aliphatic carbocycles. The molecule has 3 aromatic rings. The summed E-state index contributed by atoms with van der Waals surface area (Å²) < 4.78 is 40.6. The molecule has 1 N–H and O–H groups in total. The third kappa shape index (κ3) is 4.28. The van der Waals surface area contributed by atoms with Crippen molar-refractivity contribution in [1.29, 1.82) is 0 Å². The number of aromatic nitrogens is 2. The van der Waals surface area contributed by atoms with Crippen LogP contribution in [-0.4, -0.2) is 32.4 Å². The zero-order chi connectivity index (χ0) is 21.2. The van der Waals surface area contributed by atoms with Gasteiger partial charge in [-0.1, -0.05) is 17.7 Å². The molecule has 0 fully saturated rings. The lowest BCUT2D eigenvalue weighted by atomic mass is 10.1. The fourth-order valence-corrected chi connectivity index (χ4v) is 4.38. The zero-order valence-electron chi connectivity index (χ0n) is 17.1. The second-order valence-corrected chi connectivity index (χ2v) is 8.51. The van der Waals surface area contributed by atoms with Crippen LogP contribution in [0.15, 0.2) is 53.6 Å². The number of nitrogens with one attached hydrogen (secondary N) is 1. The average Bonchev–Trinajstić information content (AvgIpc) is 3.09. The summed E-state index contributed by atoms with van der Waals surface area (Å²) in [4.78, 5) is 0.102. The molecule has 154 valence electrons. The highest BCUT2D eigenvalue weighted by Gasteiger charge is 2.23. The van der Waals surface area contributed by atoms with Crippen LogP contribution in [0.2, 0.25) is 0 Å². The highest BCUT2D eigenvalue weighted by molar-refractivity contribution is 7.89. The van der Waals surface area contributed by atoms with Crippen molar-refractivity contribution in [2.75, 3.05) is 14.2 Å². The summed E-state index contributed by atoms with van der Waals surface area (Å²) in [7, 11) is -0.799. The molecule has 0 aliphatic heterocycles. The molecule has 1 atom stereocenters. The number of hydrogen-bond donors (Lipinski definition) is 1. The van der Waals surface area contributed by atoms with Gasteiger partial charge in [-0.3, -0.25) is 0 Å². The second-order valence-electron chi connectivity index (χ2n) is 6.79. The maximum absolute atomic E-state index is 12.9. The van der Waals surface area contributed by atoms with E-state index in [9.17, 15) is 8.42 Å². The van der Waals surface area contributed by atoms with Crippen LogP contribution in [0.3, 0.4) is 0 Å². The molecule has 1 heterocycles. The molecule has 0 amide bonds. The molecule has 8 heteroatoms. The fraction of sp³-hybridized carbons (Fsp3) is 0.286. The quantitative estimate of drug-likeness (QED) is 0.638. The molecular weight excluding hydrogens is 390 g/mol. The number of nitrogens with zero attached hydrogens (tertiary/aromatic N) is 2. The lowest BCUT2D eigenvalue weighted by Gasteiger charge is -2.16. The first kappa shape index (κ1) is 20.9. The zero-order valence-corrected chi connectivity index (χ0v) is 17.9. The lowest BCUT2D eigenvalue weighted by Crippen LogP contribution is -2.27. The summed E-state index contributed by atoms with van der Waals surface area (Å²) in [5, 5.41) is 4.43. The highest BCUT2D eigenvalue weighted by atomic mass is 32.2. The van der Waals surface area contributed by atoms with E-state index in [-0.39, 0.29) is 4.90 Å². The molecule has 0 saturated heterocycles. The van der Waals surface area contributed by atoms with Gasteiger partial charge in [-0.05, 0) is 45.0 Å². The Balaban J connectivity index is 1.86. The van der Waals surface area contributed by atoms with Crippen LogP contribution in [0, 0.1) is 13.8 Å². The molecular formula is C21H25N3O4S. The largest absolute Gasteiger partial charge is 0.493 e. The fourth-order valence-electron chi connectivity index (χ4n) is 3.14. The first-order chi connectivity index (χ1) is 13.8. The van der Waals surface area contributed by atoms with Gasteiger partial charge in [0.25, 0.3) is 0 Å². The number of aryl methyl sites for hydroxylation is 1. The molecule has 1 unspecified atom stereocenters. The number of methoxy groups -OCH3 is 2. The Labute approximate surface area is 171 Å². The van der Waals surface area contributed by atoms with E-state index in [0.29, 0.717) is 11.5 Å². The van der Waals surface area contributed by atoms with Crippen molar-refractivity contribution in [3.8, 4) is 17.2 Å². The van der Waals surface area contributed by atoms with Gasteiger partial charge in [0.2, 0.25) is 10.0 Å². The van der Waals surface area contributed by atoms with Crippen LogP contribution < -0.4 is 14.2 Å². The van der Waals surface area contributed by atoms with Gasteiger partial charge in [0.15, 0.2) is 11.5 Å². The van der Waals surface area contributed by atoms with E-state index in [2.05, 4.69) is 9.82 Å². The number of rotatable bonds is 7. The van der Waals surface area contributed by atoms with Gasteiger partial charge in [-0.25, -0.2) is 17.8 Å².